The van der Waals surface area contributed by atoms with Gasteiger partial charge in [0.15, 0.2) is 5.13 Å². The third-order valence-electron chi connectivity index (χ3n) is 2.14. The minimum absolute atomic E-state index is 0.548. The molecule has 0 saturated carbocycles. The molecule has 1 aromatic rings. The van der Waals surface area contributed by atoms with Gasteiger partial charge >= 0.3 is 0 Å². The van der Waals surface area contributed by atoms with Crippen molar-refractivity contribution in [2.45, 2.75) is 19.4 Å². The highest BCUT2D eigenvalue weighted by molar-refractivity contribution is 7.98. The molecular formula is C9H15ClN2S2. The second kappa shape index (κ2) is 5.83. The number of halogens is 1. The van der Waals surface area contributed by atoms with E-state index in [1.165, 1.54) is 0 Å². The van der Waals surface area contributed by atoms with Crippen LogP contribution in [0.25, 0.3) is 0 Å². The Hall–Kier alpha value is 0.0700. The summed E-state index contributed by atoms with van der Waals surface area (Å²) < 4.78 is 0. The molecular weight excluding hydrogens is 236 g/mol. The van der Waals surface area contributed by atoms with Gasteiger partial charge in [-0.25, -0.2) is 4.98 Å². The van der Waals surface area contributed by atoms with Crippen molar-refractivity contribution in [3.8, 4) is 0 Å². The number of hydrogen-bond donors (Lipinski definition) is 0. The molecule has 0 radical (unpaired) electrons. The molecule has 5 heteroatoms. The third kappa shape index (κ3) is 3.04. The fourth-order valence-corrected chi connectivity index (χ4v) is 3.09. The number of nitrogens with zero attached hydrogens (tertiary/aromatic N) is 2. The molecule has 0 aromatic carbocycles. The van der Waals surface area contributed by atoms with E-state index in [2.05, 4.69) is 30.1 Å². The van der Waals surface area contributed by atoms with Crippen LogP contribution in [0.1, 0.15) is 13.3 Å². The summed E-state index contributed by atoms with van der Waals surface area (Å²) >= 11 is 9.26. The Balaban J connectivity index is 2.66. The Bertz CT molecular complexity index is 278. The fourth-order valence-electron chi connectivity index (χ4n) is 1.26. The van der Waals surface area contributed by atoms with Gasteiger partial charge in [-0.2, -0.15) is 11.8 Å². The van der Waals surface area contributed by atoms with Crippen LogP contribution in [-0.2, 0) is 0 Å². The normalized spacial score (nSPS) is 12.9. The minimum Gasteiger partial charge on any atom is -0.347 e. The molecule has 0 bridgehead atoms. The van der Waals surface area contributed by atoms with Gasteiger partial charge in [-0.05, 0) is 12.7 Å². The van der Waals surface area contributed by atoms with Gasteiger partial charge in [-0.15, -0.1) is 11.3 Å². The van der Waals surface area contributed by atoms with Gasteiger partial charge in [0, 0.05) is 24.2 Å². The molecule has 14 heavy (non-hydrogen) atoms. The lowest BCUT2D eigenvalue weighted by Crippen LogP contribution is -2.32. The number of rotatable bonds is 5. The number of aromatic nitrogens is 1. The Morgan fingerprint density at radius 3 is 2.86 bits per heavy atom. The summed E-state index contributed by atoms with van der Waals surface area (Å²) in [7, 11) is 2.08. The number of thioether (sulfide) groups is 1. The summed E-state index contributed by atoms with van der Waals surface area (Å²) in [6.45, 7) is 2.20. The van der Waals surface area contributed by atoms with E-state index < -0.39 is 0 Å². The van der Waals surface area contributed by atoms with Gasteiger partial charge in [0.2, 0.25) is 0 Å². The van der Waals surface area contributed by atoms with E-state index >= 15 is 0 Å². The molecule has 2 nitrogen and oxygen atoms in total. The predicted molar refractivity (Wildman–Crippen MR) is 68.0 cm³/mol. The maximum absolute atomic E-state index is 5.80. The maximum Gasteiger partial charge on any atom is 0.186 e. The summed E-state index contributed by atoms with van der Waals surface area (Å²) in [5, 5.41) is 3.48. The first-order valence-electron chi connectivity index (χ1n) is 4.51. The smallest absolute Gasteiger partial charge is 0.186 e. The third-order valence-corrected chi connectivity index (χ3v) is 4.12. The molecule has 0 N–H and O–H groups in total. The Kier molecular flexibility index (Phi) is 5.06. The van der Waals surface area contributed by atoms with Crippen molar-refractivity contribution in [3.63, 3.8) is 0 Å². The number of anilines is 1. The van der Waals surface area contributed by atoms with E-state index in [0.29, 0.717) is 11.2 Å². The topological polar surface area (TPSA) is 16.1 Å². The molecule has 1 heterocycles. The molecule has 0 aliphatic rings. The highest BCUT2D eigenvalue weighted by Gasteiger charge is 2.15. The van der Waals surface area contributed by atoms with Crippen LogP contribution in [0.3, 0.4) is 0 Å². The van der Waals surface area contributed by atoms with Crippen LogP contribution < -0.4 is 4.90 Å². The predicted octanol–water partition coefficient (Wildman–Crippen LogP) is 3.37. The minimum atomic E-state index is 0.548. The van der Waals surface area contributed by atoms with Gasteiger partial charge in [0.25, 0.3) is 0 Å². The molecule has 80 valence electrons. The fraction of sp³-hybridized carbons (Fsp3) is 0.667. The summed E-state index contributed by atoms with van der Waals surface area (Å²) in [4.78, 5) is 6.48. The highest BCUT2D eigenvalue weighted by atomic mass is 35.5. The average Bonchev–Trinajstić information content (AvgIpc) is 2.60. The van der Waals surface area contributed by atoms with E-state index in [4.69, 9.17) is 11.6 Å². The van der Waals surface area contributed by atoms with Gasteiger partial charge in [-0.1, -0.05) is 18.5 Å². The lowest BCUT2D eigenvalue weighted by Gasteiger charge is -2.25. The maximum atomic E-state index is 5.80. The second-order valence-corrected chi connectivity index (χ2v) is 5.22. The van der Waals surface area contributed by atoms with Crippen molar-refractivity contribution in [1.29, 1.82) is 0 Å². The lowest BCUT2D eigenvalue weighted by molar-refractivity contribution is 0.671. The average molecular weight is 251 g/mol. The van der Waals surface area contributed by atoms with Crippen molar-refractivity contribution in [1.82, 2.24) is 4.98 Å². The molecule has 1 rings (SSSR count). The first kappa shape index (κ1) is 12.1. The summed E-state index contributed by atoms with van der Waals surface area (Å²) in [5.41, 5.74) is 0. The van der Waals surface area contributed by atoms with Crippen LogP contribution in [0.2, 0.25) is 5.15 Å². The molecule has 0 aliphatic carbocycles. The van der Waals surface area contributed by atoms with Gasteiger partial charge in [0.05, 0.1) is 0 Å². The first-order chi connectivity index (χ1) is 6.69. The Morgan fingerprint density at radius 2 is 2.43 bits per heavy atom. The SMILES string of the molecule is CCC(CSC)N(C)c1nc(Cl)cs1. The quantitative estimate of drug-likeness (QED) is 0.797. The van der Waals surface area contributed by atoms with Crippen LogP contribution in [0.15, 0.2) is 5.38 Å². The van der Waals surface area contributed by atoms with Crippen molar-refractivity contribution in [3.05, 3.63) is 10.5 Å². The Labute approximate surface area is 98.7 Å². The van der Waals surface area contributed by atoms with Crippen molar-refractivity contribution >= 4 is 39.8 Å². The number of thiazole rings is 1. The highest BCUT2D eigenvalue weighted by Crippen LogP contribution is 2.25. The van der Waals surface area contributed by atoms with Crippen LogP contribution >= 0.6 is 34.7 Å². The standard InChI is InChI=1S/C9H15ClN2S2/c1-4-7(5-13-3)12(2)9-11-8(10)6-14-9/h6-7H,4-5H2,1-3H3. The second-order valence-electron chi connectivity index (χ2n) is 3.08. The molecule has 0 saturated heterocycles. The van der Waals surface area contributed by atoms with Crippen LogP contribution in [0.5, 0.6) is 0 Å². The van der Waals surface area contributed by atoms with Crippen molar-refractivity contribution < 1.29 is 0 Å². The molecule has 0 amide bonds. The zero-order chi connectivity index (χ0) is 10.6. The molecule has 0 spiro atoms. The monoisotopic (exact) mass is 250 g/mol. The first-order valence-corrected chi connectivity index (χ1v) is 7.17. The van der Waals surface area contributed by atoms with E-state index in [-0.39, 0.29) is 0 Å². The molecule has 1 atom stereocenters. The van der Waals surface area contributed by atoms with Crippen LogP contribution in [0.4, 0.5) is 5.13 Å². The molecule has 0 aliphatic heterocycles. The van der Waals surface area contributed by atoms with E-state index in [1.54, 1.807) is 11.3 Å². The van der Waals surface area contributed by atoms with E-state index in [0.717, 1.165) is 17.3 Å². The zero-order valence-electron chi connectivity index (χ0n) is 8.66. The molecule has 1 aromatic heterocycles. The van der Waals surface area contributed by atoms with E-state index in [1.807, 2.05) is 17.1 Å². The van der Waals surface area contributed by atoms with Crippen molar-refractivity contribution in [2.24, 2.45) is 0 Å². The summed E-state index contributed by atoms with van der Waals surface area (Å²) in [6, 6.07) is 0.548. The van der Waals surface area contributed by atoms with Crippen LogP contribution in [0, 0.1) is 0 Å². The van der Waals surface area contributed by atoms with Gasteiger partial charge < -0.3 is 4.90 Å². The van der Waals surface area contributed by atoms with Crippen LogP contribution in [-0.4, -0.2) is 30.1 Å². The summed E-state index contributed by atoms with van der Waals surface area (Å²) in [6.07, 6.45) is 3.26. The molecule has 0 fully saturated rings. The molecule has 1 unspecified atom stereocenters. The Morgan fingerprint density at radius 1 is 1.71 bits per heavy atom. The summed E-state index contributed by atoms with van der Waals surface area (Å²) in [5.74, 6) is 1.13. The van der Waals surface area contributed by atoms with E-state index in [9.17, 15) is 0 Å². The zero-order valence-corrected chi connectivity index (χ0v) is 11.0. The van der Waals surface area contributed by atoms with Gasteiger partial charge in [0.1, 0.15) is 5.15 Å². The van der Waals surface area contributed by atoms with Crippen molar-refractivity contribution in [2.75, 3.05) is 24.0 Å². The lowest BCUT2D eigenvalue weighted by atomic mass is 10.2. The van der Waals surface area contributed by atoms with Gasteiger partial charge in [-0.3, -0.25) is 0 Å². The largest absolute Gasteiger partial charge is 0.347 e. The number of hydrogen-bond acceptors (Lipinski definition) is 4.